The van der Waals surface area contributed by atoms with Crippen LogP contribution in [0, 0.1) is 0 Å². The Morgan fingerprint density at radius 2 is 1.87 bits per heavy atom. The monoisotopic (exact) mass is 220 g/mol. The molecule has 0 fully saturated rings. The summed E-state index contributed by atoms with van der Waals surface area (Å²) in [5, 5.41) is 1.05. The molecular formula is C13H20OSi. The fourth-order valence-electron chi connectivity index (χ4n) is 1.46. The Bertz CT molecular complexity index is 311. The Balaban J connectivity index is 2.32. The van der Waals surface area contributed by atoms with Gasteiger partial charge in [-0.05, 0) is 37.9 Å². The van der Waals surface area contributed by atoms with Gasteiger partial charge in [-0.25, -0.2) is 0 Å². The number of allylic oxidation sites excluding steroid dienone is 1. The molecule has 15 heavy (non-hydrogen) atoms. The zero-order valence-electron chi connectivity index (χ0n) is 9.66. The van der Waals surface area contributed by atoms with Gasteiger partial charge in [0, 0.05) is 0 Å². The molecule has 0 heterocycles. The van der Waals surface area contributed by atoms with Crippen LogP contribution in [0.2, 0.25) is 13.1 Å². The molecular weight excluding hydrogens is 200 g/mol. The maximum atomic E-state index is 9.82. The normalized spacial score (nSPS) is 11.4. The minimum atomic E-state index is -2.09. The van der Waals surface area contributed by atoms with E-state index < -0.39 is 8.32 Å². The lowest BCUT2D eigenvalue weighted by Crippen LogP contribution is -2.28. The van der Waals surface area contributed by atoms with Crippen molar-refractivity contribution in [3.05, 3.63) is 47.7 Å². The van der Waals surface area contributed by atoms with E-state index in [-0.39, 0.29) is 0 Å². The van der Waals surface area contributed by atoms with Gasteiger partial charge in [-0.1, -0.05) is 35.5 Å². The van der Waals surface area contributed by atoms with Gasteiger partial charge in [0.05, 0.1) is 0 Å². The molecule has 0 amide bonds. The molecule has 1 aromatic rings. The average Bonchev–Trinajstić information content (AvgIpc) is 2.18. The highest BCUT2D eigenvalue weighted by Gasteiger charge is 2.20. The second-order valence-electron chi connectivity index (χ2n) is 4.50. The van der Waals surface area contributed by atoms with Gasteiger partial charge in [-0.15, -0.1) is 6.58 Å². The lowest BCUT2D eigenvalue weighted by molar-refractivity contribution is 0.557. The van der Waals surface area contributed by atoms with Crippen molar-refractivity contribution >= 4 is 8.32 Å². The third kappa shape index (κ3) is 4.45. The molecule has 82 valence electrons. The second kappa shape index (κ2) is 5.28. The average molecular weight is 220 g/mol. The SMILES string of the molecule is C=C(CCCc1ccccc1)[Si](C)(C)O. The van der Waals surface area contributed by atoms with E-state index >= 15 is 0 Å². The van der Waals surface area contributed by atoms with Crippen LogP contribution in [0.25, 0.3) is 0 Å². The van der Waals surface area contributed by atoms with Gasteiger partial charge in [0.1, 0.15) is 0 Å². The van der Waals surface area contributed by atoms with Crippen molar-refractivity contribution in [1.29, 1.82) is 0 Å². The van der Waals surface area contributed by atoms with E-state index in [1.807, 2.05) is 19.2 Å². The molecule has 0 aromatic heterocycles. The van der Waals surface area contributed by atoms with Crippen LogP contribution in [-0.2, 0) is 6.42 Å². The summed E-state index contributed by atoms with van der Waals surface area (Å²) in [5.74, 6) is 0. The fraction of sp³-hybridized carbons (Fsp3) is 0.385. The van der Waals surface area contributed by atoms with Crippen LogP contribution in [0.3, 0.4) is 0 Å². The molecule has 2 heteroatoms. The van der Waals surface area contributed by atoms with Gasteiger partial charge in [0.2, 0.25) is 8.32 Å². The first kappa shape index (κ1) is 12.2. The Kier molecular flexibility index (Phi) is 4.30. The van der Waals surface area contributed by atoms with E-state index in [2.05, 4.69) is 30.8 Å². The number of hydrogen-bond acceptors (Lipinski definition) is 1. The van der Waals surface area contributed by atoms with E-state index in [1.165, 1.54) is 5.56 Å². The zero-order chi connectivity index (χ0) is 11.3. The third-order valence-corrected chi connectivity index (χ3v) is 4.63. The molecule has 0 spiro atoms. The first-order chi connectivity index (χ1) is 7.00. The second-order valence-corrected chi connectivity index (χ2v) is 8.33. The van der Waals surface area contributed by atoms with Crippen LogP contribution >= 0.6 is 0 Å². The van der Waals surface area contributed by atoms with Crippen molar-refractivity contribution in [2.75, 3.05) is 0 Å². The molecule has 1 rings (SSSR count). The summed E-state index contributed by atoms with van der Waals surface area (Å²) in [6.07, 6.45) is 3.11. The first-order valence-corrected chi connectivity index (χ1v) is 8.39. The molecule has 0 bridgehead atoms. The van der Waals surface area contributed by atoms with Crippen molar-refractivity contribution in [2.45, 2.75) is 32.4 Å². The molecule has 0 aliphatic heterocycles. The topological polar surface area (TPSA) is 20.2 Å². The number of benzene rings is 1. The largest absolute Gasteiger partial charge is 0.428 e. The van der Waals surface area contributed by atoms with Crippen molar-refractivity contribution in [3.8, 4) is 0 Å². The van der Waals surface area contributed by atoms with Gasteiger partial charge >= 0.3 is 0 Å². The van der Waals surface area contributed by atoms with E-state index in [0.29, 0.717) is 0 Å². The maximum Gasteiger partial charge on any atom is 0.209 e. The Morgan fingerprint density at radius 3 is 2.40 bits per heavy atom. The summed E-state index contributed by atoms with van der Waals surface area (Å²) in [7, 11) is -2.09. The molecule has 0 saturated carbocycles. The predicted octanol–water partition coefficient (Wildman–Crippen LogP) is 3.30. The summed E-state index contributed by atoms with van der Waals surface area (Å²) in [6, 6.07) is 10.4. The molecule has 0 radical (unpaired) electrons. The Labute approximate surface area is 93.6 Å². The maximum absolute atomic E-state index is 9.82. The summed E-state index contributed by atoms with van der Waals surface area (Å²) in [5.41, 5.74) is 1.36. The van der Waals surface area contributed by atoms with Crippen LogP contribution in [-0.4, -0.2) is 13.1 Å². The highest BCUT2D eigenvalue weighted by molar-refractivity contribution is 6.77. The molecule has 0 saturated heterocycles. The van der Waals surface area contributed by atoms with Crippen LogP contribution in [0.5, 0.6) is 0 Å². The van der Waals surface area contributed by atoms with Gasteiger partial charge in [0.25, 0.3) is 0 Å². The molecule has 1 N–H and O–H groups in total. The van der Waals surface area contributed by atoms with Crippen molar-refractivity contribution < 1.29 is 4.80 Å². The van der Waals surface area contributed by atoms with E-state index in [9.17, 15) is 4.80 Å². The molecule has 1 aromatic carbocycles. The highest BCUT2D eigenvalue weighted by atomic mass is 28.4. The number of hydrogen-bond donors (Lipinski definition) is 1. The highest BCUT2D eigenvalue weighted by Crippen LogP contribution is 2.16. The number of aryl methyl sites for hydroxylation is 1. The molecule has 1 nitrogen and oxygen atoms in total. The van der Waals surface area contributed by atoms with Gasteiger partial charge < -0.3 is 4.80 Å². The van der Waals surface area contributed by atoms with Crippen LogP contribution in [0.15, 0.2) is 42.1 Å². The van der Waals surface area contributed by atoms with Crippen LogP contribution in [0.4, 0.5) is 0 Å². The smallest absolute Gasteiger partial charge is 0.209 e. The first-order valence-electron chi connectivity index (χ1n) is 5.44. The number of rotatable bonds is 5. The van der Waals surface area contributed by atoms with Crippen LogP contribution in [0.1, 0.15) is 18.4 Å². The molecule has 0 unspecified atom stereocenters. The van der Waals surface area contributed by atoms with Crippen molar-refractivity contribution in [2.24, 2.45) is 0 Å². The van der Waals surface area contributed by atoms with Gasteiger partial charge in [-0.2, -0.15) is 0 Å². The lowest BCUT2D eigenvalue weighted by Gasteiger charge is -2.17. The summed E-state index contributed by atoms with van der Waals surface area (Å²) >= 11 is 0. The zero-order valence-corrected chi connectivity index (χ0v) is 10.7. The summed E-state index contributed by atoms with van der Waals surface area (Å²) in [4.78, 5) is 9.82. The lowest BCUT2D eigenvalue weighted by atomic mass is 10.1. The van der Waals surface area contributed by atoms with Crippen LogP contribution < -0.4 is 0 Å². The summed E-state index contributed by atoms with van der Waals surface area (Å²) < 4.78 is 0. The Hall–Kier alpha value is -0.863. The third-order valence-electron chi connectivity index (χ3n) is 2.65. The van der Waals surface area contributed by atoms with Gasteiger partial charge in [0.15, 0.2) is 0 Å². The van der Waals surface area contributed by atoms with E-state index in [0.717, 1.165) is 24.5 Å². The van der Waals surface area contributed by atoms with Gasteiger partial charge in [-0.3, -0.25) is 0 Å². The fourth-order valence-corrected chi connectivity index (χ4v) is 2.25. The van der Waals surface area contributed by atoms with E-state index in [4.69, 9.17) is 0 Å². The van der Waals surface area contributed by atoms with E-state index in [1.54, 1.807) is 0 Å². The minimum Gasteiger partial charge on any atom is -0.428 e. The molecule has 0 atom stereocenters. The Morgan fingerprint density at radius 1 is 1.27 bits per heavy atom. The standard InChI is InChI=1S/C13H20OSi/c1-12(15(2,3)14)8-7-11-13-9-5-4-6-10-13/h4-6,9-10,14H,1,7-8,11H2,2-3H3. The minimum absolute atomic E-state index is 0.949. The summed E-state index contributed by atoms with van der Waals surface area (Å²) in [6.45, 7) is 7.83. The molecule has 0 aliphatic carbocycles. The quantitative estimate of drug-likeness (QED) is 0.755. The van der Waals surface area contributed by atoms with Crippen molar-refractivity contribution in [3.63, 3.8) is 0 Å². The molecule has 0 aliphatic rings. The van der Waals surface area contributed by atoms with Crippen molar-refractivity contribution in [1.82, 2.24) is 0 Å². The predicted molar refractivity (Wildman–Crippen MR) is 68.2 cm³/mol.